The molecule has 0 spiro atoms. The van der Waals surface area contributed by atoms with Crippen LogP contribution >= 0.6 is 11.3 Å². The van der Waals surface area contributed by atoms with E-state index in [1.807, 2.05) is 12.3 Å². The Bertz CT molecular complexity index is 370. The number of hydrogen-bond acceptors (Lipinski definition) is 4. The van der Waals surface area contributed by atoms with Crippen molar-refractivity contribution in [3.63, 3.8) is 0 Å². The van der Waals surface area contributed by atoms with E-state index < -0.39 is 0 Å². The molecule has 1 aliphatic heterocycles. The quantitative estimate of drug-likeness (QED) is 0.899. The van der Waals surface area contributed by atoms with E-state index >= 15 is 0 Å². The number of anilines is 1. The standard InChI is InChI=1S/C12H19N3OS/c1-2-13-11(16)10-9-17-12(14-10)15-7-5-3-4-6-8-15/h9H,2-8H2,1H3,(H,13,16). The Morgan fingerprint density at radius 2 is 2.12 bits per heavy atom. The molecule has 17 heavy (non-hydrogen) atoms. The number of carbonyl (C=O) groups excluding carboxylic acids is 1. The van der Waals surface area contributed by atoms with Gasteiger partial charge in [-0.25, -0.2) is 4.98 Å². The number of aromatic nitrogens is 1. The molecule has 1 aromatic rings. The van der Waals surface area contributed by atoms with Crippen LogP contribution in [0.25, 0.3) is 0 Å². The second-order valence-corrected chi connectivity index (χ2v) is 5.11. The van der Waals surface area contributed by atoms with Crippen molar-refractivity contribution >= 4 is 22.4 Å². The Labute approximate surface area is 106 Å². The first-order valence-corrected chi connectivity index (χ1v) is 7.18. The highest BCUT2D eigenvalue weighted by Crippen LogP contribution is 2.23. The second kappa shape index (κ2) is 6.00. The van der Waals surface area contributed by atoms with Gasteiger partial charge in [-0.1, -0.05) is 12.8 Å². The van der Waals surface area contributed by atoms with Crippen molar-refractivity contribution in [3.8, 4) is 0 Å². The summed E-state index contributed by atoms with van der Waals surface area (Å²) >= 11 is 1.57. The minimum Gasteiger partial charge on any atom is -0.351 e. The van der Waals surface area contributed by atoms with Gasteiger partial charge in [-0.2, -0.15) is 0 Å². The first-order chi connectivity index (χ1) is 8.31. The van der Waals surface area contributed by atoms with Crippen molar-refractivity contribution in [2.24, 2.45) is 0 Å². The molecular weight excluding hydrogens is 234 g/mol. The van der Waals surface area contributed by atoms with Crippen molar-refractivity contribution in [2.45, 2.75) is 32.6 Å². The van der Waals surface area contributed by atoms with Gasteiger partial charge in [0.2, 0.25) is 0 Å². The smallest absolute Gasteiger partial charge is 0.270 e. The number of nitrogens with one attached hydrogen (secondary N) is 1. The van der Waals surface area contributed by atoms with Gasteiger partial charge in [0.05, 0.1) is 0 Å². The van der Waals surface area contributed by atoms with Gasteiger partial charge in [0, 0.05) is 25.0 Å². The highest BCUT2D eigenvalue weighted by Gasteiger charge is 2.15. The summed E-state index contributed by atoms with van der Waals surface area (Å²) in [6.07, 6.45) is 5.09. The van der Waals surface area contributed by atoms with E-state index in [2.05, 4.69) is 15.2 Å². The summed E-state index contributed by atoms with van der Waals surface area (Å²) in [7, 11) is 0. The van der Waals surface area contributed by atoms with Crippen LogP contribution in [0, 0.1) is 0 Å². The zero-order valence-corrected chi connectivity index (χ0v) is 11.1. The van der Waals surface area contributed by atoms with Gasteiger partial charge in [0.1, 0.15) is 5.69 Å². The number of hydrogen-bond donors (Lipinski definition) is 1. The molecule has 1 saturated heterocycles. The predicted molar refractivity (Wildman–Crippen MR) is 70.8 cm³/mol. The molecule has 1 amide bonds. The van der Waals surface area contributed by atoms with Gasteiger partial charge in [0.25, 0.3) is 5.91 Å². The SMILES string of the molecule is CCNC(=O)c1csc(N2CCCCCC2)n1. The van der Waals surface area contributed by atoms with Crippen LogP contribution < -0.4 is 10.2 Å². The molecule has 1 aliphatic rings. The summed E-state index contributed by atoms with van der Waals surface area (Å²) in [4.78, 5) is 18.4. The van der Waals surface area contributed by atoms with Crippen LogP contribution in [0.5, 0.6) is 0 Å². The maximum absolute atomic E-state index is 11.6. The Hall–Kier alpha value is -1.10. The van der Waals surface area contributed by atoms with Crippen LogP contribution in [-0.4, -0.2) is 30.5 Å². The fourth-order valence-electron chi connectivity index (χ4n) is 2.03. The highest BCUT2D eigenvalue weighted by molar-refractivity contribution is 7.13. The molecule has 0 saturated carbocycles. The molecule has 4 nitrogen and oxygen atoms in total. The number of thiazole rings is 1. The van der Waals surface area contributed by atoms with Gasteiger partial charge in [-0.3, -0.25) is 4.79 Å². The molecule has 0 radical (unpaired) electrons. The number of carbonyl (C=O) groups is 1. The first kappa shape index (κ1) is 12.4. The van der Waals surface area contributed by atoms with Gasteiger partial charge in [-0.15, -0.1) is 11.3 Å². The predicted octanol–water partition coefficient (Wildman–Crippen LogP) is 2.27. The molecule has 5 heteroatoms. The molecule has 0 aliphatic carbocycles. The van der Waals surface area contributed by atoms with Gasteiger partial charge < -0.3 is 10.2 Å². The van der Waals surface area contributed by atoms with E-state index in [1.165, 1.54) is 25.7 Å². The van der Waals surface area contributed by atoms with E-state index in [1.54, 1.807) is 11.3 Å². The van der Waals surface area contributed by atoms with E-state index in [0.717, 1.165) is 18.2 Å². The minimum atomic E-state index is -0.0650. The van der Waals surface area contributed by atoms with Crippen molar-refractivity contribution in [2.75, 3.05) is 24.5 Å². The minimum absolute atomic E-state index is 0.0650. The fraction of sp³-hybridized carbons (Fsp3) is 0.667. The Morgan fingerprint density at radius 3 is 2.76 bits per heavy atom. The molecule has 1 N–H and O–H groups in total. The van der Waals surface area contributed by atoms with E-state index in [4.69, 9.17) is 0 Å². The Morgan fingerprint density at radius 1 is 1.41 bits per heavy atom. The Kier molecular flexibility index (Phi) is 4.36. The number of amides is 1. The highest BCUT2D eigenvalue weighted by atomic mass is 32.1. The lowest BCUT2D eigenvalue weighted by molar-refractivity contribution is 0.0951. The summed E-state index contributed by atoms with van der Waals surface area (Å²) in [5.41, 5.74) is 0.552. The number of nitrogens with zero attached hydrogens (tertiary/aromatic N) is 2. The maximum atomic E-state index is 11.6. The molecule has 94 valence electrons. The molecular formula is C12H19N3OS. The van der Waals surface area contributed by atoms with Crippen LogP contribution in [-0.2, 0) is 0 Å². The lowest BCUT2D eigenvalue weighted by Gasteiger charge is -2.18. The molecule has 0 atom stereocenters. The summed E-state index contributed by atoms with van der Waals surface area (Å²) < 4.78 is 0. The van der Waals surface area contributed by atoms with Crippen molar-refractivity contribution < 1.29 is 4.79 Å². The lowest BCUT2D eigenvalue weighted by Crippen LogP contribution is -2.25. The Balaban J connectivity index is 2.03. The third-order valence-corrected chi connectivity index (χ3v) is 3.84. The summed E-state index contributed by atoms with van der Waals surface area (Å²) in [5, 5.41) is 5.62. The molecule has 1 aromatic heterocycles. The lowest BCUT2D eigenvalue weighted by atomic mass is 10.2. The van der Waals surface area contributed by atoms with Gasteiger partial charge >= 0.3 is 0 Å². The van der Waals surface area contributed by atoms with E-state index in [9.17, 15) is 4.79 Å². The van der Waals surface area contributed by atoms with Crippen molar-refractivity contribution in [1.82, 2.24) is 10.3 Å². The average molecular weight is 253 g/mol. The van der Waals surface area contributed by atoms with Crippen LogP contribution in [0.15, 0.2) is 5.38 Å². The molecule has 2 heterocycles. The average Bonchev–Trinajstić information content (AvgIpc) is 2.66. The molecule has 0 unspecified atom stereocenters. The molecule has 2 rings (SSSR count). The second-order valence-electron chi connectivity index (χ2n) is 4.28. The maximum Gasteiger partial charge on any atom is 0.270 e. The third-order valence-electron chi connectivity index (χ3n) is 2.94. The van der Waals surface area contributed by atoms with Gasteiger partial charge in [-0.05, 0) is 19.8 Å². The topological polar surface area (TPSA) is 45.2 Å². The fourth-order valence-corrected chi connectivity index (χ4v) is 2.89. The monoisotopic (exact) mass is 253 g/mol. The zero-order valence-electron chi connectivity index (χ0n) is 10.2. The van der Waals surface area contributed by atoms with Gasteiger partial charge in [0.15, 0.2) is 5.13 Å². The third kappa shape index (κ3) is 3.19. The molecule has 0 bridgehead atoms. The summed E-state index contributed by atoms with van der Waals surface area (Å²) in [6, 6.07) is 0. The zero-order chi connectivity index (χ0) is 12.1. The largest absolute Gasteiger partial charge is 0.351 e. The first-order valence-electron chi connectivity index (χ1n) is 6.30. The van der Waals surface area contributed by atoms with Crippen LogP contribution in [0.4, 0.5) is 5.13 Å². The number of rotatable bonds is 3. The molecule has 0 aromatic carbocycles. The normalized spacial score (nSPS) is 16.6. The van der Waals surface area contributed by atoms with Crippen molar-refractivity contribution in [1.29, 1.82) is 0 Å². The molecule has 1 fully saturated rings. The summed E-state index contributed by atoms with van der Waals surface area (Å²) in [5.74, 6) is -0.0650. The van der Waals surface area contributed by atoms with Crippen LogP contribution in [0.3, 0.4) is 0 Å². The van der Waals surface area contributed by atoms with Crippen LogP contribution in [0.2, 0.25) is 0 Å². The van der Waals surface area contributed by atoms with E-state index in [-0.39, 0.29) is 5.91 Å². The van der Waals surface area contributed by atoms with E-state index in [0.29, 0.717) is 12.2 Å². The van der Waals surface area contributed by atoms with Crippen molar-refractivity contribution in [3.05, 3.63) is 11.1 Å². The summed E-state index contributed by atoms with van der Waals surface area (Å²) in [6.45, 7) is 4.71. The van der Waals surface area contributed by atoms with Crippen LogP contribution in [0.1, 0.15) is 43.1 Å².